The monoisotopic (exact) mass is 180 g/mol. The topological polar surface area (TPSA) is 46.5 Å². The fraction of sp³-hybridized carbons (Fsp3) is 0.300. The van der Waals surface area contributed by atoms with Gasteiger partial charge in [-0.3, -0.25) is 4.79 Å². The number of ketones is 1. The molecule has 1 N–H and O–H groups in total. The molecule has 1 aromatic rings. The molecular formula is C10H12O3. The molecule has 1 rings (SSSR count). The average Bonchev–Trinajstić information content (AvgIpc) is 2.18. The van der Waals surface area contributed by atoms with Gasteiger partial charge in [0.25, 0.3) is 0 Å². The number of Topliss-reactive ketones (excluding diaryl/α,β-unsaturated/α-hetero) is 1. The minimum Gasteiger partial charge on any atom is -0.382 e. The van der Waals surface area contributed by atoms with Crippen molar-refractivity contribution in [1.82, 2.24) is 0 Å². The number of aliphatic hydroxyl groups excluding tert-OH is 1. The molecule has 1 aromatic carbocycles. The van der Waals surface area contributed by atoms with Gasteiger partial charge in [-0.05, 0) is 0 Å². The van der Waals surface area contributed by atoms with Crippen molar-refractivity contribution < 1.29 is 14.6 Å². The molecule has 0 aliphatic carbocycles. The van der Waals surface area contributed by atoms with Crippen LogP contribution in [0.25, 0.3) is 0 Å². The lowest BCUT2D eigenvalue weighted by atomic mass is 10.1. The molecule has 3 heteroatoms. The van der Waals surface area contributed by atoms with Gasteiger partial charge in [-0.15, -0.1) is 0 Å². The zero-order chi connectivity index (χ0) is 9.68. The molecule has 0 aliphatic rings. The summed E-state index contributed by atoms with van der Waals surface area (Å²) in [5.41, 5.74) is 0.507. The second-order valence-electron chi connectivity index (χ2n) is 2.70. The molecule has 0 amide bonds. The molecule has 0 saturated carbocycles. The minimum absolute atomic E-state index is 0.0354. The summed E-state index contributed by atoms with van der Waals surface area (Å²) < 4.78 is 4.68. The molecule has 0 fully saturated rings. The van der Waals surface area contributed by atoms with E-state index in [4.69, 9.17) is 0 Å². The van der Waals surface area contributed by atoms with Crippen LogP contribution in [0.2, 0.25) is 0 Å². The maximum atomic E-state index is 11.4. The fourth-order valence-corrected chi connectivity index (χ4v) is 1.03. The highest BCUT2D eigenvalue weighted by molar-refractivity contribution is 5.99. The first-order valence-electron chi connectivity index (χ1n) is 4.02. The number of carbonyl (C=O) groups excluding carboxylic acids is 1. The van der Waals surface area contributed by atoms with Crippen LogP contribution < -0.4 is 0 Å². The van der Waals surface area contributed by atoms with Gasteiger partial charge >= 0.3 is 0 Å². The van der Waals surface area contributed by atoms with E-state index in [0.29, 0.717) is 5.56 Å². The maximum Gasteiger partial charge on any atom is 0.193 e. The second kappa shape index (κ2) is 4.74. The predicted molar refractivity (Wildman–Crippen MR) is 48.7 cm³/mol. The lowest BCUT2D eigenvalue weighted by Crippen LogP contribution is -2.25. The fourth-order valence-electron chi connectivity index (χ4n) is 1.03. The number of aliphatic hydroxyl groups is 1. The van der Waals surface area contributed by atoms with Crippen LogP contribution in [0.15, 0.2) is 30.3 Å². The predicted octanol–water partition coefficient (Wildman–Crippen LogP) is 0.877. The largest absolute Gasteiger partial charge is 0.382 e. The molecule has 0 aliphatic heterocycles. The Morgan fingerprint density at radius 3 is 2.62 bits per heavy atom. The van der Waals surface area contributed by atoms with Crippen LogP contribution in [-0.2, 0) is 4.74 Å². The number of methoxy groups -OCH3 is 1. The van der Waals surface area contributed by atoms with E-state index in [9.17, 15) is 9.90 Å². The van der Waals surface area contributed by atoms with E-state index in [1.807, 2.05) is 6.07 Å². The zero-order valence-electron chi connectivity index (χ0n) is 7.43. The van der Waals surface area contributed by atoms with Crippen molar-refractivity contribution in [3.63, 3.8) is 0 Å². The van der Waals surface area contributed by atoms with Gasteiger partial charge in [0.05, 0.1) is 6.61 Å². The maximum absolute atomic E-state index is 11.4. The number of rotatable bonds is 4. The summed E-state index contributed by atoms with van der Waals surface area (Å²) in [5.74, 6) is -0.303. The molecule has 0 heterocycles. The standard InChI is InChI=1S/C10H12O3/c1-13-7-9(11)10(12)8-5-3-2-4-6-8/h2-6,9,11H,7H2,1H3. The number of hydrogen-bond acceptors (Lipinski definition) is 3. The number of ether oxygens (including phenoxy) is 1. The van der Waals surface area contributed by atoms with Crippen LogP contribution in [-0.4, -0.2) is 30.7 Å². The highest BCUT2D eigenvalue weighted by Crippen LogP contribution is 2.03. The SMILES string of the molecule is COCC(O)C(=O)c1ccccc1. The normalized spacial score (nSPS) is 12.5. The number of benzene rings is 1. The van der Waals surface area contributed by atoms with Crippen LogP contribution >= 0.6 is 0 Å². The van der Waals surface area contributed by atoms with Crippen LogP contribution in [0.1, 0.15) is 10.4 Å². The highest BCUT2D eigenvalue weighted by atomic mass is 16.5. The van der Waals surface area contributed by atoms with E-state index in [2.05, 4.69) is 4.74 Å². The Bertz CT molecular complexity index is 269. The summed E-state index contributed by atoms with van der Waals surface area (Å²) in [6.07, 6.45) is -1.06. The summed E-state index contributed by atoms with van der Waals surface area (Å²) in [6, 6.07) is 8.67. The molecule has 70 valence electrons. The summed E-state index contributed by atoms with van der Waals surface area (Å²) in [4.78, 5) is 11.4. The van der Waals surface area contributed by atoms with Gasteiger partial charge in [0.2, 0.25) is 0 Å². The van der Waals surface area contributed by atoms with E-state index in [1.165, 1.54) is 7.11 Å². The van der Waals surface area contributed by atoms with Gasteiger partial charge < -0.3 is 9.84 Å². The van der Waals surface area contributed by atoms with Crippen molar-refractivity contribution in [2.24, 2.45) is 0 Å². The molecule has 1 atom stereocenters. The van der Waals surface area contributed by atoms with E-state index in [1.54, 1.807) is 24.3 Å². The Kier molecular flexibility index (Phi) is 3.61. The van der Waals surface area contributed by atoms with Crippen molar-refractivity contribution in [2.75, 3.05) is 13.7 Å². The van der Waals surface area contributed by atoms with Crippen molar-refractivity contribution in [2.45, 2.75) is 6.10 Å². The molecule has 0 bridgehead atoms. The van der Waals surface area contributed by atoms with Crippen LogP contribution in [0.5, 0.6) is 0 Å². The Morgan fingerprint density at radius 2 is 2.08 bits per heavy atom. The Labute approximate surface area is 77.0 Å². The van der Waals surface area contributed by atoms with E-state index in [-0.39, 0.29) is 12.4 Å². The first-order chi connectivity index (χ1) is 6.25. The number of hydrogen-bond donors (Lipinski definition) is 1. The third-order valence-electron chi connectivity index (χ3n) is 1.69. The highest BCUT2D eigenvalue weighted by Gasteiger charge is 2.15. The Balaban J connectivity index is 2.68. The Morgan fingerprint density at radius 1 is 1.46 bits per heavy atom. The van der Waals surface area contributed by atoms with E-state index < -0.39 is 6.10 Å². The van der Waals surface area contributed by atoms with Gasteiger partial charge in [0, 0.05) is 12.7 Å². The van der Waals surface area contributed by atoms with Gasteiger partial charge in [0.1, 0.15) is 6.10 Å². The molecule has 3 nitrogen and oxygen atoms in total. The zero-order valence-corrected chi connectivity index (χ0v) is 7.43. The van der Waals surface area contributed by atoms with Gasteiger partial charge in [0.15, 0.2) is 5.78 Å². The van der Waals surface area contributed by atoms with Gasteiger partial charge in [-0.25, -0.2) is 0 Å². The Hall–Kier alpha value is -1.19. The van der Waals surface area contributed by atoms with Gasteiger partial charge in [-0.2, -0.15) is 0 Å². The summed E-state index contributed by atoms with van der Waals surface area (Å²) in [6.45, 7) is 0.0354. The third-order valence-corrected chi connectivity index (χ3v) is 1.69. The molecule has 1 unspecified atom stereocenters. The lowest BCUT2D eigenvalue weighted by molar-refractivity contribution is 0.0476. The van der Waals surface area contributed by atoms with Crippen LogP contribution in [0.4, 0.5) is 0 Å². The van der Waals surface area contributed by atoms with Gasteiger partial charge in [-0.1, -0.05) is 30.3 Å². The smallest absolute Gasteiger partial charge is 0.193 e. The molecule has 13 heavy (non-hydrogen) atoms. The molecule has 0 spiro atoms. The van der Waals surface area contributed by atoms with Crippen molar-refractivity contribution >= 4 is 5.78 Å². The lowest BCUT2D eigenvalue weighted by Gasteiger charge is -2.07. The first kappa shape index (κ1) is 9.89. The third kappa shape index (κ3) is 2.65. The summed E-state index contributed by atoms with van der Waals surface area (Å²) >= 11 is 0. The van der Waals surface area contributed by atoms with Crippen LogP contribution in [0, 0.1) is 0 Å². The molecule has 0 radical (unpaired) electrons. The van der Waals surface area contributed by atoms with Crippen molar-refractivity contribution in [1.29, 1.82) is 0 Å². The second-order valence-corrected chi connectivity index (χ2v) is 2.70. The van der Waals surface area contributed by atoms with E-state index >= 15 is 0 Å². The quantitative estimate of drug-likeness (QED) is 0.699. The molecule has 0 saturated heterocycles. The summed E-state index contributed by atoms with van der Waals surface area (Å²) in [5, 5.41) is 9.30. The molecule has 0 aromatic heterocycles. The summed E-state index contributed by atoms with van der Waals surface area (Å²) in [7, 11) is 1.45. The van der Waals surface area contributed by atoms with Crippen molar-refractivity contribution in [3.8, 4) is 0 Å². The first-order valence-corrected chi connectivity index (χ1v) is 4.02. The van der Waals surface area contributed by atoms with Crippen LogP contribution in [0.3, 0.4) is 0 Å². The minimum atomic E-state index is -1.06. The molecular weight excluding hydrogens is 168 g/mol. The average molecular weight is 180 g/mol. The number of carbonyl (C=O) groups is 1. The van der Waals surface area contributed by atoms with Crippen molar-refractivity contribution in [3.05, 3.63) is 35.9 Å². The van der Waals surface area contributed by atoms with E-state index in [0.717, 1.165) is 0 Å².